The number of hydrogen-bond acceptors (Lipinski definition) is 7. The Bertz CT molecular complexity index is 850. The molecule has 1 amide bonds. The highest BCUT2D eigenvalue weighted by Gasteiger charge is 2.43. The second-order valence-corrected chi connectivity index (χ2v) is 7.90. The topological polar surface area (TPSA) is 91.7 Å². The van der Waals surface area contributed by atoms with Gasteiger partial charge in [-0.15, -0.1) is 0 Å². The molecule has 8 nitrogen and oxygen atoms in total. The summed E-state index contributed by atoms with van der Waals surface area (Å²) in [5.41, 5.74) is 0.513. The molecule has 3 aliphatic heterocycles. The number of pyridine rings is 1. The monoisotopic (exact) mass is 357 g/mol. The van der Waals surface area contributed by atoms with E-state index in [9.17, 15) is 9.90 Å². The number of hydrogen-bond donors (Lipinski definition) is 1. The van der Waals surface area contributed by atoms with Crippen molar-refractivity contribution < 1.29 is 14.6 Å². The first-order valence-corrected chi connectivity index (χ1v) is 8.89. The average molecular weight is 357 g/mol. The highest BCUT2D eigenvalue weighted by molar-refractivity contribution is 5.80. The smallest absolute Gasteiger partial charge is 0.410 e. The fourth-order valence-electron chi connectivity index (χ4n) is 3.73. The second-order valence-electron chi connectivity index (χ2n) is 7.90. The van der Waals surface area contributed by atoms with Crippen LogP contribution in [0.5, 0.6) is 5.88 Å². The fourth-order valence-corrected chi connectivity index (χ4v) is 3.73. The van der Waals surface area contributed by atoms with Gasteiger partial charge in [-0.25, -0.2) is 19.7 Å². The van der Waals surface area contributed by atoms with Crippen LogP contribution in [0.3, 0.4) is 0 Å². The molecule has 1 N–H and O–H groups in total. The molecule has 3 fully saturated rings. The van der Waals surface area contributed by atoms with Crippen molar-refractivity contribution >= 4 is 22.9 Å². The van der Waals surface area contributed by atoms with Crippen molar-refractivity contribution in [2.45, 2.75) is 51.3 Å². The number of carbonyl (C=O) groups is 1. The number of aromatic nitrogens is 3. The lowest BCUT2D eigenvalue weighted by molar-refractivity contribution is 0.000793. The number of carbonyl (C=O) groups excluding carboxylic acids is 1. The molecule has 2 bridgehead atoms. The van der Waals surface area contributed by atoms with Crippen LogP contribution in [0.2, 0.25) is 0 Å². The third kappa shape index (κ3) is 3.00. The molecule has 3 aliphatic rings. The first-order valence-electron chi connectivity index (χ1n) is 8.89. The molecule has 138 valence electrons. The number of nitrogens with zero attached hydrogens (tertiary/aromatic N) is 5. The van der Waals surface area contributed by atoms with Crippen molar-refractivity contribution in [2.75, 3.05) is 18.0 Å². The molecule has 5 rings (SSSR count). The predicted molar refractivity (Wildman–Crippen MR) is 96.1 cm³/mol. The quantitative estimate of drug-likeness (QED) is 0.837. The summed E-state index contributed by atoms with van der Waals surface area (Å²) in [7, 11) is 0. The summed E-state index contributed by atoms with van der Waals surface area (Å²) in [4.78, 5) is 29.0. The van der Waals surface area contributed by atoms with Crippen molar-refractivity contribution in [1.29, 1.82) is 0 Å². The van der Waals surface area contributed by atoms with E-state index in [0.717, 1.165) is 18.7 Å². The van der Waals surface area contributed by atoms with Gasteiger partial charge in [0.15, 0.2) is 5.52 Å². The lowest BCUT2D eigenvalue weighted by Gasteiger charge is -2.51. The number of amides is 1. The first kappa shape index (κ1) is 16.8. The third-order valence-electron chi connectivity index (χ3n) is 4.90. The Kier molecular flexibility index (Phi) is 3.86. The summed E-state index contributed by atoms with van der Waals surface area (Å²) in [6.07, 6.45) is 3.04. The highest BCUT2D eigenvalue weighted by atomic mass is 16.6. The minimum atomic E-state index is -0.495. The van der Waals surface area contributed by atoms with Crippen molar-refractivity contribution in [3.05, 3.63) is 18.5 Å². The normalized spacial score (nSPS) is 22.7. The molecular weight excluding hydrogens is 334 g/mol. The van der Waals surface area contributed by atoms with Gasteiger partial charge in [-0.2, -0.15) is 0 Å². The van der Waals surface area contributed by atoms with E-state index in [1.807, 2.05) is 37.8 Å². The van der Waals surface area contributed by atoms with E-state index in [-0.39, 0.29) is 24.1 Å². The largest absolute Gasteiger partial charge is 0.492 e. The molecule has 3 saturated heterocycles. The van der Waals surface area contributed by atoms with E-state index < -0.39 is 5.60 Å². The molecule has 2 aromatic rings. The Morgan fingerprint density at radius 1 is 1.19 bits per heavy atom. The van der Waals surface area contributed by atoms with Crippen molar-refractivity contribution in [1.82, 2.24) is 19.9 Å². The summed E-state index contributed by atoms with van der Waals surface area (Å²) in [5, 5.41) is 9.95. The van der Waals surface area contributed by atoms with Crippen LogP contribution in [-0.2, 0) is 4.74 Å². The van der Waals surface area contributed by atoms with E-state index in [4.69, 9.17) is 4.74 Å². The van der Waals surface area contributed by atoms with E-state index >= 15 is 0 Å². The summed E-state index contributed by atoms with van der Waals surface area (Å²) in [6.45, 7) is 6.97. The molecule has 0 radical (unpaired) electrons. The van der Waals surface area contributed by atoms with Gasteiger partial charge < -0.3 is 19.6 Å². The molecule has 5 heterocycles. The maximum Gasteiger partial charge on any atom is 0.410 e. The molecule has 2 unspecified atom stereocenters. The van der Waals surface area contributed by atoms with Gasteiger partial charge in [0.25, 0.3) is 0 Å². The summed E-state index contributed by atoms with van der Waals surface area (Å²) in [5.74, 6) is 0.663. The fraction of sp³-hybridized carbons (Fsp3) is 0.556. The summed E-state index contributed by atoms with van der Waals surface area (Å²) in [6, 6.07) is 4.04. The molecule has 0 saturated carbocycles. The molecule has 26 heavy (non-hydrogen) atoms. The van der Waals surface area contributed by atoms with Crippen molar-refractivity contribution in [2.24, 2.45) is 0 Å². The molecular formula is C18H23N5O3. The molecule has 2 atom stereocenters. The number of piperazine rings is 1. The Labute approximate surface area is 151 Å². The van der Waals surface area contributed by atoms with Crippen LogP contribution in [0.1, 0.15) is 33.6 Å². The zero-order valence-corrected chi connectivity index (χ0v) is 15.2. The maximum atomic E-state index is 12.5. The van der Waals surface area contributed by atoms with Crippen LogP contribution in [0.4, 0.5) is 10.6 Å². The van der Waals surface area contributed by atoms with Gasteiger partial charge in [0.2, 0.25) is 5.88 Å². The van der Waals surface area contributed by atoms with E-state index in [0.29, 0.717) is 24.1 Å². The summed E-state index contributed by atoms with van der Waals surface area (Å²) >= 11 is 0. The van der Waals surface area contributed by atoms with Crippen LogP contribution >= 0.6 is 0 Å². The molecule has 0 aliphatic carbocycles. The average Bonchev–Trinajstić information content (AvgIpc) is 2.60. The first-order chi connectivity index (χ1) is 12.3. The number of ether oxygens (including phenoxy) is 1. The lowest BCUT2D eigenvalue weighted by Crippen LogP contribution is -2.64. The van der Waals surface area contributed by atoms with Crippen LogP contribution in [0, 0.1) is 0 Å². The summed E-state index contributed by atoms with van der Waals surface area (Å²) < 4.78 is 5.55. The molecule has 8 heteroatoms. The second kappa shape index (κ2) is 5.96. The number of piperidine rings is 2. The van der Waals surface area contributed by atoms with Crippen molar-refractivity contribution in [3.8, 4) is 5.88 Å². The van der Waals surface area contributed by atoms with Gasteiger partial charge in [-0.3, -0.25) is 0 Å². The predicted octanol–water partition coefficient (Wildman–Crippen LogP) is 2.32. The lowest BCUT2D eigenvalue weighted by atomic mass is 9.91. The van der Waals surface area contributed by atoms with E-state index in [1.165, 1.54) is 6.33 Å². The van der Waals surface area contributed by atoms with E-state index in [1.54, 1.807) is 0 Å². The zero-order valence-electron chi connectivity index (χ0n) is 15.2. The number of rotatable bonds is 1. The van der Waals surface area contributed by atoms with Gasteiger partial charge >= 0.3 is 6.09 Å². The SMILES string of the molecule is CC(C)(C)OC(=O)N1CC2CCC1CN2c1ccc2ncnc(O)c2n1. The van der Waals surface area contributed by atoms with Crippen molar-refractivity contribution in [3.63, 3.8) is 0 Å². The van der Waals surface area contributed by atoms with Crippen LogP contribution in [-0.4, -0.2) is 61.8 Å². The van der Waals surface area contributed by atoms with Crippen LogP contribution in [0.25, 0.3) is 11.0 Å². The van der Waals surface area contributed by atoms with E-state index in [2.05, 4.69) is 19.9 Å². The third-order valence-corrected chi connectivity index (χ3v) is 4.90. The zero-order chi connectivity index (χ0) is 18.5. The molecule has 0 aromatic carbocycles. The number of fused-ring (bicyclic) bond motifs is 4. The van der Waals surface area contributed by atoms with Gasteiger partial charge in [0.05, 0.1) is 11.6 Å². The van der Waals surface area contributed by atoms with Gasteiger partial charge in [-0.1, -0.05) is 0 Å². The van der Waals surface area contributed by atoms with Crippen LogP contribution < -0.4 is 4.90 Å². The van der Waals surface area contributed by atoms with Gasteiger partial charge in [0.1, 0.15) is 17.7 Å². The molecule has 2 aromatic heterocycles. The van der Waals surface area contributed by atoms with Gasteiger partial charge in [-0.05, 0) is 45.7 Å². The standard InChI is InChI=1S/C18H23N5O3/c1-18(2,3)26-17(25)23-9-11-4-5-12(23)8-22(11)14-7-6-13-15(21-14)16(24)20-10-19-13/h6-7,10-12H,4-5,8-9H2,1-3H3,(H,19,20,24). The highest BCUT2D eigenvalue weighted by Crippen LogP contribution is 2.34. The number of aromatic hydroxyl groups is 1. The number of anilines is 1. The minimum Gasteiger partial charge on any atom is -0.492 e. The Morgan fingerprint density at radius 2 is 1.96 bits per heavy atom. The Hall–Kier alpha value is -2.64. The Balaban J connectivity index is 1.56. The molecule has 0 spiro atoms. The Morgan fingerprint density at radius 3 is 2.65 bits per heavy atom. The van der Waals surface area contributed by atoms with Gasteiger partial charge in [0, 0.05) is 19.1 Å². The maximum absolute atomic E-state index is 12.5. The van der Waals surface area contributed by atoms with Crippen LogP contribution in [0.15, 0.2) is 18.5 Å². The minimum absolute atomic E-state index is 0.105.